The van der Waals surface area contributed by atoms with Crippen LogP contribution in [-0.4, -0.2) is 64.9 Å². The fourth-order valence-electron chi connectivity index (χ4n) is 2.97. The minimum Gasteiger partial charge on any atom is -0.457 e. The second-order valence-corrected chi connectivity index (χ2v) is 6.79. The lowest BCUT2D eigenvalue weighted by Gasteiger charge is -2.24. The predicted octanol–water partition coefficient (Wildman–Crippen LogP) is 1.94. The maximum atomic E-state index is 11.8. The number of carbonyl (C=O) groups excluding carboxylic acids is 2. The number of hydrogen-bond donors (Lipinski definition) is 3. The van der Waals surface area contributed by atoms with E-state index in [1.54, 1.807) is 0 Å². The number of rotatable bonds is 13. The van der Waals surface area contributed by atoms with Gasteiger partial charge in [0.1, 0.15) is 24.3 Å². The Morgan fingerprint density at radius 2 is 1.67 bits per heavy atom. The molecular formula is C20H36O7. The first-order chi connectivity index (χ1) is 13.0. The maximum Gasteiger partial charge on any atom is 0.306 e. The molecule has 3 N–H and O–H groups in total. The molecule has 27 heavy (non-hydrogen) atoms. The number of hydrogen-bond acceptors (Lipinski definition) is 7. The molecule has 158 valence electrons. The Morgan fingerprint density at radius 1 is 1.15 bits per heavy atom. The molecule has 4 atom stereocenters. The number of unbranched alkanes of at least 4 members (excludes halogenated alkanes) is 8. The second-order valence-electron chi connectivity index (χ2n) is 6.79. The van der Waals surface area contributed by atoms with Crippen LogP contribution in [0.2, 0.25) is 0 Å². The summed E-state index contributed by atoms with van der Waals surface area (Å²) >= 11 is 0. The molecule has 0 amide bonds. The molecule has 7 nitrogen and oxygen atoms in total. The van der Waals surface area contributed by atoms with Gasteiger partial charge in [-0.15, -0.1) is 0 Å². The van der Waals surface area contributed by atoms with E-state index in [1.165, 1.54) is 44.5 Å². The second kappa shape index (κ2) is 16.9. The summed E-state index contributed by atoms with van der Waals surface area (Å²) in [6.45, 7) is 4.44. The van der Waals surface area contributed by atoms with Gasteiger partial charge in [-0.05, 0) is 13.0 Å². The quantitative estimate of drug-likeness (QED) is 0.251. The van der Waals surface area contributed by atoms with Crippen molar-refractivity contribution in [2.75, 3.05) is 13.2 Å². The monoisotopic (exact) mass is 388 g/mol. The predicted molar refractivity (Wildman–Crippen MR) is 102 cm³/mol. The van der Waals surface area contributed by atoms with Crippen molar-refractivity contribution in [1.82, 2.24) is 0 Å². The molecule has 0 radical (unpaired) electrons. The Hall–Kier alpha value is -1.24. The molecule has 1 saturated heterocycles. The zero-order valence-corrected chi connectivity index (χ0v) is 16.5. The van der Waals surface area contributed by atoms with Crippen LogP contribution in [0.25, 0.3) is 0 Å². The normalized spacial score (nSPS) is 22.4. The van der Waals surface area contributed by atoms with E-state index in [2.05, 4.69) is 13.5 Å². The highest BCUT2D eigenvalue weighted by Gasteiger charge is 2.41. The van der Waals surface area contributed by atoms with Crippen LogP contribution >= 0.6 is 0 Å². The number of ether oxygens (including phenoxy) is 2. The van der Waals surface area contributed by atoms with E-state index >= 15 is 0 Å². The van der Waals surface area contributed by atoms with Gasteiger partial charge in [0.05, 0.1) is 13.2 Å². The van der Waals surface area contributed by atoms with Crippen molar-refractivity contribution >= 4 is 11.9 Å². The van der Waals surface area contributed by atoms with E-state index in [1.807, 2.05) is 0 Å². The Labute approximate surface area is 162 Å². The molecule has 0 aromatic rings. The molecule has 1 fully saturated rings. The Balaban J connectivity index is 0.00000210. The van der Waals surface area contributed by atoms with Crippen LogP contribution in [-0.2, 0) is 19.1 Å². The number of esters is 1. The molecule has 1 rings (SSSR count). The van der Waals surface area contributed by atoms with E-state index in [4.69, 9.17) is 14.3 Å². The molecule has 0 saturated carbocycles. The highest BCUT2D eigenvalue weighted by molar-refractivity contribution is 5.69. The van der Waals surface area contributed by atoms with Crippen molar-refractivity contribution in [3.05, 3.63) is 6.58 Å². The molecule has 7 heteroatoms. The third-order valence-electron chi connectivity index (χ3n) is 4.50. The lowest BCUT2D eigenvalue weighted by Crippen LogP contribution is -2.43. The van der Waals surface area contributed by atoms with Crippen molar-refractivity contribution in [3.63, 3.8) is 0 Å². The van der Waals surface area contributed by atoms with Crippen molar-refractivity contribution in [1.29, 1.82) is 0 Å². The molecule has 0 spiro atoms. The minimum absolute atomic E-state index is 0.0157. The molecule has 0 aromatic carbocycles. The van der Waals surface area contributed by atoms with Gasteiger partial charge in [0.15, 0.2) is 6.10 Å². The van der Waals surface area contributed by atoms with Crippen molar-refractivity contribution in [2.45, 2.75) is 95.5 Å². The molecule has 1 heterocycles. The summed E-state index contributed by atoms with van der Waals surface area (Å²) in [5.41, 5.74) is 0. The summed E-state index contributed by atoms with van der Waals surface area (Å²) < 4.78 is 10.4. The largest absolute Gasteiger partial charge is 0.457 e. The van der Waals surface area contributed by atoms with Gasteiger partial charge < -0.3 is 24.8 Å². The van der Waals surface area contributed by atoms with Gasteiger partial charge in [-0.25, -0.2) is 4.79 Å². The first-order valence-electron chi connectivity index (χ1n) is 9.94. The molecule has 0 unspecified atom stereocenters. The van der Waals surface area contributed by atoms with Gasteiger partial charge in [-0.2, -0.15) is 0 Å². The maximum absolute atomic E-state index is 11.8. The lowest BCUT2D eigenvalue weighted by molar-refractivity contribution is -0.162. The lowest BCUT2D eigenvalue weighted by atomic mass is 10.1. The van der Waals surface area contributed by atoms with Crippen LogP contribution < -0.4 is 0 Å². The number of aliphatic hydroxyl groups excluding tert-OH is 3. The third kappa shape index (κ3) is 12.0. The summed E-state index contributed by atoms with van der Waals surface area (Å²) in [5, 5.41) is 28.5. The third-order valence-corrected chi connectivity index (χ3v) is 4.50. The molecule has 0 aromatic heterocycles. The first-order valence-corrected chi connectivity index (χ1v) is 9.94. The van der Waals surface area contributed by atoms with Crippen molar-refractivity contribution in [2.24, 2.45) is 0 Å². The zero-order chi connectivity index (χ0) is 20.5. The topological polar surface area (TPSA) is 113 Å². The van der Waals surface area contributed by atoms with Crippen LogP contribution in [0.15, 0.2) is 6.58 Å². The summed E-state index contributed by atoms with van der Waals surface area (Å²) in [6, 6.07) is 0. The Morgan fingerprint density at radius 3 is 2.11 bits per heavy atom. The van der Waals surface area contributed by atoms with E-state index in [9.17, 15) is 20.1 Å². The van der Waals surface area contributed by atoms with Crippen molar-refractivity contribution < 1.29 is 34.4 Å². The highest BCUT2D eigenvalue weighted by Crippen LogP contribution is 2.20. The SMILES string of the molecule is C=C=O.CCCCCCCCCCCC(=O)O[C@H](CO)[C@H]1OC[C@H](O)[C@H]1O. The van der Waals surface area contributed by atoms with Crippen LogP contribution in [0, 0.1) is 0 Å². The Kier molecular flexibility index (Phi) is 16.1. The van der Waals surface area contributed by atoms with Gasteiger partial charge in [-0.1, -0.05) is 58.3 Å². The molecule has 0 aliphatic carbocycles. The van der Waals surface area contributed by atoms with Crippen LogP contribution in [0.1, 0.15) is 71.1 Å². The Bertz CT molecular complexity index is 407. The standard InChI is InChI=1S/C18H34O6.C2H2O/c1-2-3-4-5-6-7-8-9-10-11-16(21)24-15(12-19)18-17(22)14(20)13-23-18;1-2-3/h14-15,17-20,22H,2-13H2,1H3;1H2/t14-,15+,17+,18+;/m0./s1. The van der Waals surface area contributed by atoms with Crippen molar-refractivity contribution in [3.8, 4) is 0 Å². The van der Waals surface area contributed by atoms with E-state index < -0.39 is 37.0 Å². The molecule has 0 bridgehead atoms. The first kappa shape index (κ1) is 25.8. The van der Waals surface area contributed by atoms with Gasteiger partial charge >= 0.3 is 5.97 Å². The van der Waals surface area contributed by atoms with Gasteiger partial charge in [0, 0.05) is 6.42 Å². The van der Waals surface area contributed by atoms with Gasteiger partial charge in [0.2, 0.25) is 0 Å². The summed E-state index contributed by atoms with van der Waals surface area (Å²) in [6.07, 6.45) is 6.91. The fourth-order valence-corrected chi connectivity index (χ4v) is 2.97. The summed E-state index contributed by atoms with van der Waals surface area (Å²) in [4.78, 5) is 20.4. The smallest absolute Gasteiger partial charge is 0.306 e. The number of carbonyl (C=O) groups is 1. The molecule has 1 aliphatic heterocycles. The average Bonchev–Trinajstić information content (AvgIpc) is 2.98. The van der Waals surface area contributed by atoms with Gasteiger partial charge in [-0.3, -0.25) is 4.79 Å². The highest BCUT2D eigenvalue weighted by atomic mass is 16.6. The minimum atomic E-state index is -1.14. The average molecular weight is 389 g/mol. The summed E-state index contributed by atoms with van der Waals surface area (Å²) in [7, 11) is 0. The van der Waals surface area contributed by atoms with E-state index in [-0.39, 0.29) is 6.61 Å². The zero-order valence-electron chi connectivity index (χ0n) is 16.5. The summed E-state index contributed by atoms with van der Waals surface area (Å²) in [5.74, 6) is 0.856. The number of aliphatic hydroxyl groups is 3. The van der Waals surface area contributed by atoms with Crippen LogP contribution in [0.5, 0.6) is 0 Å². The fraction of sp³-hybridized carbons (Fsp3) is 0.850. The molecular weight excluding hydrogens is 352 g/mol. The molecule has 1 aliphatic rings. The van der Waals surface area contributed by atoms with E-state index in [0.717, 1.165) is 19.3 Å². The van der Waals surface area contributed by atoms with Gasteiger partial charge in [0.25, 0.3) is 0 Å². The van der Waals surface area contributed by atoms with E-state index in [0.29, 0.717) is 6.42 Å². The van der Waals surface area contributed by atoms with Crippen LogP contribution in [0.4, 0.5) is 0 Å². The van der Waals surface area contributed by atoms with Crippen LogP contribution in [0.3, 0.4) is 0 Å².